The summed E-state index contributed by atoms with van der Waals surface area (Å²) in [5.41, 5.74) is 4.36. The number of nitrogens with zero attached hydrogens (tertiary/aromatic N) is 3. The standard InChI is InChI=1S/C17H17N3O/c1-12-15-7-3-2-5-13(15)9-10-20(12)17(21)18-11-14-6-4-8-16(14)19-17/h2-8,11-12,21H,9-10H2,1H3. The fraction of sp³-hybridized carbons (Fsp3) is 0.294. The summed E-state index contributed by atoms with van der Waals surface area (Å²) < 4.78 is 0. The highest BCUT2D eigenvalue weighted by atomic mass is 16.3. The van der Waals surface area contributed by atoms with E-state index in [9.17, 15) is 5.11 Å². The van der Waals surface area contributed by atoms with Gasteiger partial charge in [-0.1, -0.05) is 36.4 Å². The quantitative estimate of drug-likeness (QED) is 0.857. The number of hydrogen-bond donors (Lipinski definition) is 1. The zero-order valence-electron chi connectivity index (χ0n) is 11.9. The summed E-state index contributed by atoms with van der Waals surface area (Å²) in [5, 5.41) is 10.9. The van der Waals surface area contributed by atoms with Gasteiger partial charge in [0.05, 0.1) is 5.71 Å². The fourth-order valence-electron chi connectivity index (χ4n) is 3.30. The first-order valence-electron chi connectivity index (χ1n) is 7.28. The van der Waals surface area contributed by atoms with Crippen molar-refractivity contribution in [2.75, 3.05) is 6.54 Å². The average molecular weight is 279 g/mol. The van der Waals surface area contributed by atoms with E-state index in [0.717, 1.165) is 24.3 Å². The van der Waals surface area contributed by atoms with E-state index in [1.165, 1.54) is 11.1 Å². The first kappa shape index (κ1) is 12.7. The summed E-state index contributed by atoms with van der Waals surface area (Å²) in [5.74, 6) is -1.49. The third kappa shape index (κ3) is 1.91. The molecule has 0 amide bonds. The molecule has 4 heteroatoms. The lowest BCUT2D eigenvalue weighted by Crippen LogP contribution is -2.51. The second-order valence-corrected chi connectivity index (χ2v) is 5.65. The fourth-order valence-corrected chi connectivity index (χ4v) is 3.30. The first-order chi connectivity index (χ1) is 10.2. The van der Waals surface area contributed by atoms with Crippen molar-refractivity contribution in [3.05, 3.63) is 59.2 Å². The smallest absolute Gasteiger partial charge is 0.321 e. The zero-order valence-corrected chi connectivity index (χ0v) is 11.9. The minimum Gasteiger partial charge on any atom is -0.338 e. The van der Waals surface area contributed by atoms with Crippen LogP contribution in [0.2, 0.25) is 0 Å². The lowest BCUT2D eigenvalue weighted by Gasteiger charge is -2.42. The van der Waals surface area contributed by atoms with Gasteiger partial charge in [-0.05, 0) is 30.5 Å². The zero-order chi connectivity index (χ0) is 14.4. The Balaban J connectivity index is 1.72. The Kier molecular flexibility index (Phi) is 2.71. The van der Waals surface area contributed by atoms with Gasteiger partial charge in [0, 0.05) is 24.4 Å². The molecular formula is C17H17N3O. The van der Waals surface area contributed by atoms with Crippen LogP contribution >= 0.6 is 0 Å². The summed E-state index contributed by atoms with van der Waals surface area (Å²) in [6, 6.07) is 8.46. The van der Waals surface area contributed by atoms with Crippen LogP contribution in [0.5, 0.6) is 0 Å². The van der Waals surface area contributed by atoms with Crippen molar-refractivity contribution in [2.24, 2.45) is 9.98 Å². The van der Waals surface area contributed by atoms with Crippen LogP contribution in [0.15, 0.2) is 58.1 Å². The molecular weight excluding hydrogens is 262 g/mol. The Morgan fingerprint density at radius 2 is 2.19 bits per heavy atom. The van der Waals surface area contributed by atoms with Gasteiger partial charge in [0.25, 0.3) is 0 Å². The second kappa shape index (κ2) is 4.48. The van der Waals surface area contributed by atoms with Crippen molar-refractivity contribution in [3.8, 4) is 0 Å². The van der Waals surface area contributed by atoms with Crippen LogP contribution in [0.1, 0.15) is 24.1 Å². The SMILES string of the molecule is CC1c2ccccc2CCN1C1(O)N=CC2=CC=CC2=N1. The minimum atomic E-state index is -1.49. The number of aliphatic imine (C=N–C) groups is 2. The molecule has 4 nitrogen and oxygen atoms in total. The van der Waals surface area contributed by atoms with E-state index >= 15 is 0 Å². The van der Waals surface area contributed by atoms with Crippen molar-refractivity contribution in [3.63, 3.8) is 0 Å². The van der Waals surface area contributed by atoms with E-state index in [2.05, 4.69) is 35.1 Å². The molecule has 0 bridgehead atoms. The van der Waals surface area contributed by atoms with Crippen LogP contribution in [0.25, 0.3) is 0 Å². The van der Waals surface area contributed by atoms with Gasteiger partial charge in [0.15, 0.2) is 0 Å². The van der Waals surface area contributed by atoms with Crippen LogP contribution in [0.3, 0.4) is 0 Å². The highest BCUT2D eigenvalue weighted by Gasteiger charge is 2.41. The molecule has 21 heavy (non-hydrogen) atoms. The van der Waals surface area contributed by atoms with Gasteiger partial charge in [-0.15, -0.1) is 0 Å². The Labute approximate surface area is 123 Å². The number of allylic oxidation sites excluding steroid dienone is 4. The van der Waals surface area contributed by atoms with E-state index in [-0.39, 0.29) is 6.04 Å². The lowest BCUT2D eigenvalue weighted by atomic mass is 9.93. The highest BCUT2D eigenvalue weighted by molar-refractivity contribution is 6.24. The normalized spacial score (nSPS) is 30.7. The summed E-state index contributed by atoms with van der Waals surface area (Å²) in [6.07, 6.45) is 8.42. The van der Waals surface area contributed by atoms with Crippen LogP contribution in [-0.4, -0.2) is 34.5 Å². The van der Waals surface area contributed by atoms with Crippen LogP contribution < -0.4 is 0 Å². The predicted octanol–water partition coefficient (Wildman–Crippen LogP) is 2.23. The Morgan fingerprint density at radius 1 is 1.33 bits per heavy atom. The number of fused-ring (bicyclic) bond motifs is 2. The second-order valence-electron chi connectivity index (χ2n) is 5.65. The molecule has 3 aliphatic rings. The summed E-state index contributed by atoms with van der Waals surface area (Å²) in [4.78, 5) is 10.7. The molecule has 0 aromatic heterocycles. The predicted molar refractivity (Wildman–Crippen MR) is 83.4 cm³/mol. The monoisotopic (exact) mass is 279 g/mol. The Morgan fingerprint density at radius 3 is 3.10 bits per heavy atom. The maximum atomic E-state index is 10.9. The van der Waals surface area contributed by atoms with Gasteiger partial charge in [-0.25, -0.2) is 14.9 Å². The van der Waals surface area contributed by atoms with E-state index in [0.29, 0.717) is 0 Å². The molecule has 1 aromatic carbocycles. The molecule has 1 aliphatic carbocycles. The van der Waals surface area contributed by atoms with Gasteiger partial charge >= 0.3 is 5.97 Å². The Bertz CT molecular complexity index is 717. The van der Waals surface area contributed by atoms with Crippen molar-refractivity contribution < 1.29 is 5.11 Å². The maximum Gasteiger partial charge on any atom is 0.321 e. The minimum absolute atomic E-state index is 0.0809. The molecule has 0 fully saturated rings. The largest absolute Gasteiger partial charge is 0.338 e. The Hall–Kier alpha value is -2.04. The molecule has 0 saturated heterocycles. The molecule has 0 radical (unpaired) electrons. The van der Waals surface area contributed by atoms with Crippen LogP contribution in [0.4, 0.5) is 0 Å². The molecule has 0 spiro atoms. The molecule has 0 saturated carbocycles. The van der Waals surface area contributed by atoms with Crippen molar-refractivity contribution in [1.29, 1.82) is 0 Å². The number of benzene rings is 1. The lowest BCUT2D eigenvalue weighted by molar-refractivity contribution is -0.117. The third-order valence-electron chi connectivity index (χ3n) is 4.45. The first-order valence-corrected chi connectivity index (χ1v) is 7.28. The average Bonchev–Trinajstić information content (AvgIpc) is 2.95. The number of hydrogen-bond acceptors (Lipinski definition) is 4. The van der Waals surface area contributed by atoms with Gasteiger partial charge < -0.3 is 5.11 Å². The molecule has 2 heterocycles. The number of aliphatic hydroxyl groups is 1. The molecule has 1 N–H and O–H groups in total. The molecule has 1 aromatic rings. The molecule has 2 atom stereocenters. The van der Waals surface area contributed by atoms with Crippen LogP contribution in [0, 0.1) is 0 Å². The van der Waals surface area contributed by atoms with E-state index in [1.807, 2.05) is 29.2 Å². The molecule has 4 rings (SSSR count). The third-order valence-corrected chi connectivity index (χ3v) is 4.45. The van der Waals surface area contributed by atoms with Gasteiger partial charge in [0.1, 0.15) is 0 Å². The molecule has 2 unspecified atom stereocenters. The maximum absolute atomic E-state index is 10.9. The molecule has 2 aliphatic heterocycles. The van der Waals surface area contributed by atoms with E-state index in [4.69, 9.17) is 0 Å². The van der Waals surface area contributed by atoms with Gasteiger partial charge in [-0.2, -0.15) is 0 Å². The van der Waals surface area contributed by atoms with Gasteiger partial charge in [-0.3, -0.25) is 0 Å². The summed E-state index contributed by atoms with van der Waals surface area (Å²) >= 11 is 0. The van der Waals surface area contributed by atoms with E-state index in [1.54, 1.807) is 6.21 Å². The van der Waals surface area contributed by atoms with Gasteiger partial charge in [0.2, 0.25) is 0 Å². The van der Waals surface area contributed by atoms with Crippen molar-refractivity contribution >= 4 is 11.9 Å². The van der Waals surface area contributed by atoms with Crippen molar-refractivity contribution in [1.82, 2.24) is 4.90 Å². The number of rotatable bonds is 1. The van der Waals surface area contributed by atoms with Crippen LogP contribution in [-0.2, 0) is 6.42 Å². The van der Waals surface area contributed by atoms with Crippen molar-refractivity contribution in [2.45, 2.75) is 25.4 Å². The summed E-state index contributed by atoms with van der Waals surface area (Å²) in [7, 11) is 0. The van der Waals surface area contributed by atoms with E-state index < -0.39 is 5.97 Å². The highest BCUT2D eigenvalue weighted by Crippen LogP contribution is 2.36. The molecule has 106 valence electrons. The summed E-state index contributed by atoms with van der Waals surface area (Å²) in [6.45, 7) is 2.84. The topological polar surface area (TPSA) is 48.2 Å².